The molecule has 0 aliphatic rings. The van der Waals surface area contributed by atoms with Crippen LogP contribution in [0.25, 0.3) is 0 Å². The maximum absolute atomic E-state index is 8.20. The molecule has 2 heteroatoms. The van der Waals surface area contributed by atoms with Gasteiger partial charge >= 0.3 is 23.9 Å². The fraction of sp³-hybridized carbons (Fsp3) is 1.00. The first-order valence-corrected chi connectivity index (χ1v) is 2.52. The minimum absolute atomic E-state index is 0. The molecule has 1 N–H and O–H groups in total. The van der Waals surface area contributed by atoms with Crippen LogP contribution in [0.2, 0.25) is 0 Å². The average Bonchev–Trinajstić information content (AvgIpc) is 1.61. The normalized spacial score (nSPS) is 7.71. The number of unbranched alkanes of at least 4 members (excludes halogenated alkanes) is 2. The van der Waals surface area contributed by atoms with Crippen molar-refractivity contribution in [2.75, 3.05) is 6.61 Å². The molecule has 0 rings (SSSR count). The molecule has 0 radical (unpaired) electrons. The third-order valence-electron chi connectivity index (χ3n) is 0.762. The van der Waals surface area contributed by atoms with Gasteiger partial charge in [0.05, 0.1) is 0 Å². The fourth-order valence-corrected chi connectivity index (χ4v) is 0.362. The number of hydrogen-bond donors (Lipinski definition) is 1. The van der Waals surface area contributed by atoms with Crippen LogP contribution in [0, 0.1) is 0 Å². The molecule has 0 heterocycles. The molecule has 1 nitrogen and oxygen atoms in total. The Morgan fingerprint density at radius 3 is 2.00 bits per heavy atom. The summed E-state index contributed by atoms with van der Waals surface area (Å²) in [5.74, 6) is 0. The van der Waals surface area contributed by atoms with Crippen LogP contribution < -0.4 is 0 Å². The summed E-state index contributed by atoms with van der Waals surface area (Å²) in [6, 6.07) is 0. The maximum atomic E-state index is 8.20. The summed E-state index contributed by atoms with van der Waals surface area (Å²) in [6.07, 6.45) is 3.33. The van der Waals surface area contributed by atoms with Gasteiger partial charge in [0.1, 0.15) is 0 Å². The van der Waals surface area contributed by atoms with E-state index in [2.05, 4.69) is 6.92 Å². The molecule has 0 bridgehead atoms. The third kappa shape index (κ3) is 10.8. The Kier molecular flexibility index (Phi) is 15.1. The Morgan fingerprint density at radius 1 is 1.29 bits per heavy atom. The molecule has 7 heavy (non-hydrogen) atoms. The number of rotatable bonds is 3. The summed E-state index contributed by atoms with van der Waals surface area (Å²) in [7, 11) is 0. The topological polar surface area (TPSA) is 20.2 Å². The molecular formula is C5H16OSn. The first-order valence-electron chi connectivity index (χ1n) is 2.52. The Bertz CT molecular complexity index is 20.0. The Morgan fingerprint density at radius 2 is 1.86 bits per heavy atom. The van der Waals surface area contributed by atoms with Crippen LogP contribution in [0.1, 0.15) is 26.2 Å². The summed E-state index contributed by atoms with van der Waals surface area (Å²) in [6.45, 7) is 2.48. The molecule has 0 saturated heterocycles. The first kappa shape index (κ1) is 10.7. The summed E-state index contributed by atoms with van der Waals surface area (Å²) in [5.41, 5.74) is 0. The van der Waals surface area contributed by atoms with E-state index in [0.717, 1.165) is 12.8 Å². The van der Waals surface area contributed by atoms with Crippen molar-refractivity contribution >= 4 is 23.9 Å². The summed E-state index contributed by atoms with van der Waals surface area (Å²) in [4.78, 5) is 0. The van der Waals surface area contributed by atoms with Crippen LogP contribution in [0.4, 0.5) is 0 Å². The standard InChI is InChI=1S/C5H12O.Sn.4H/c1-2-3-4-5-6;;;;;/h6H,2-5H2,1H3;;;;;. The van der Waals surface area contributed by atoms with E-state index in [0.29, 0.717) is 6.61 Å². The van der Waals surface area contributed by atoms with Gasteiger partial charge in [-0.15, -0.1) is 0 Å². The van der Waals surface area contributed by atoms with Crippen molar-refractivity contribution in [1.29, 1.82) is 0 Å². The molecule has 0 spiro atoms. The number of aliphatic hydroxyl groups is 1. The van der Waals surface area contributed by atoms with Gasteiger partial charge in [-0.05, 0) is 6.42 Å². The molecule has 0 saturated carbocycles. The van der Waals surface area contributed by atoms with Crippen LogP contribution in [0.15, 0.2) is 0 Å². The second-order valence-corrected chi connectivity index (χ2v) is 1.43. The number of aliphatic hydroxyl groups excluding tert-OH is 1. The Hall–Kier alpha value is 0.759. The van der Waals surface area contributed by atoms with Crippen LogP contribution in [-0.2, 0) is 0 Å². The van der Waals surface area contributed by atoms with E-state index in [1.54, 1.807) is 0 Å². The van der Waals surface area contributed by atoms with Crippen molar-refractivity contribution < 1.29 is 5.11 Å². The van der Waals surface area contributed by atoms with Crippen molar-refractivity contribution in [3.8, 4) is 0 Å². The van der Waals surface area contributed by atoms with Crippen molar-refractivity contribution in [2.45, 2.75) is 26.2 Å². The van der Waals surface area contributed by atoms with E-state index in [1.165, 1.54) is 6.42 Å². The van der Waals surface area contributed by atoms with Gasteiger partial charge in [0.15, 0.2) is 0 Å². The molecule has 0 amide bonds. The zero-order chi connectivity index (χ0) is 4.83. The van der Waals surface area contributed by atoms with Crippen molar-refractivity contribution in [1.82, 2.24) is 0 Å². The van der Waals surface area contributed by atoms with E-state index in [-0.39, 0.29) is 23.9 Å². The fourth-order valence-electron chi connectivity index (χ4n) is 0.362. The van der Waals surface area contributed by atoms with E-state index in [9.17, 15) is 0 Å². The molecule has 0 atom stereocenters. The van der Waals surface area contributed by atoms with E-state index >= 15 is 0 Å². The van der Waals surface area contributed by atoms with Gasteiger partial charge < -0.3 is 5.11 Å². The molecule has 0 fully saturated rings. The minimum atomic E-state index is 0. The Labute approximate surface area is 62.1 Å². The van der Waals surface area contributed by atoms with E-state index in [4.69, 9.17) is 5.11 Å². The van der Waals surface area contributed by atoms with Gasteiger partial charge in [-0.2, -0.15) is 0 Å². The van der Waals surface area contributed by atoms with Gasteiger partial charge in [-0.1, -0.05) is 19.8 Å². The van der Waals surface area contributed by atoms with Gasteiger partial charge in [0.2, 0.25) is 0 Å². The second-order valence-electron chi connectivity index (χ2n) is 1.43. The molecule has 0 unspecified atom stereocenters. The summed E-state index contributed by atoms with van der Waals surface area (Å²) < 4.78 is 0. The van der Waals surface area contributed by atoms with E-state index < -0.39 is 0 Å². The van der Waals surface area contributed by atoms with Crippen LogP contribution in [-0.4, -0.2) is 35.6 Å². The van der Waals surface area contributed by atoms with Crippen LogP contribution in [0.3, 0.4) is 0 Å². The van der Waals surface area contributed by atoms with Crippen molar-refractivity contribution in [3.05, 3.63) is 0 Å². The molecule has 0 aromatic heterocycles. The van der Waals surface area contributed by atoms with E-state index in [1.807, 2.05) is 0 Å². The molecule has 0 aliphatic carbocycles. The van der Waals surface area contributed by atoms with Gasteiger partial charge in [-0.3, -0.25) is 0 Å². The van der Waals surface area contributed by atoms with Crippen LogP contribution >= 0.6 is 0 Å². The zero-order valence-electron chi connectivity index (χ0n) is 4.28. The Balaban J connectivity index is 0. The van der Waals surface area contributed by atoms with Gasteiger partial charge in [0.25, 0.3) is 0 Å². The average molecular weight is 211 g/mol. The SMILES string of the molecule is CCCCCO.[SnH4]. The first-order chi connectivity index (χ1) is 2.91. The summed E-state index contributed by atoms with van der Waals surface area (Å²) >= 11 is 0. The zero-order valence-corrected chi connectivity index (χ0v) is 4.28. The quantitative estimate of drug-likeness (QED) is 0.502. The predicted molar refractivity (Wildman–Crippen MR) is 37.9 cm³/mol. The van der Waals surface area contributed by atoms with Gasteiger partial charge in [0, 0.05) is 6.61 Å². The molecular weight excluding hydrogens is 195 g/mol. The molecule has 0 aromatic rings. The second kappa shape index (κ2) is 9.90. The van der Waals surface area contributed by atoms with Crippen LogP contribution in [0.5, 0.6) is 0 Å². The monoisotopic (exact) mass is 212 g/mol. The summed E-state index contributed by atoms with van der Waals surface area (Å²) in [5, 5.41) is 8.20. The third-order valence-corrected chi connectivity index (χ3v) is 0.762. The van der Waals surface area contributed by atoms with Crippen molar-refractivity contribution in [2.24, 2.45) is 0 Å². The molecule has 46 valence electrons. The molecule has 0 aromatic carbocycles. The van der Waals surface area contributed by atoms with Crippen molar-refractivity contribution in [3.63, 3.8) is 0 Å². The van der Waals surface area contributed by atoms with Gasteiger partial charge in [-0.25, -0.2) is 0 Å². The predicted octanol–water partition coefficient (Wildman–Crippen LogP) is -0.283. The number of hydrogen-bond acceptors (Lipinski definition) is 1. The molecule has 0 aliphatic heterocycles.